The molecule has 0 bridgehead atoms. The molecule has 34 heavy (non-hydrogen) atoms. The molecular weight excluding hydrogens is 424 g/mol. The van der Waals surface area contributed by atoms with Gasteiger partial charge in [-0.15, -0.1) is 0 Å². The summed E-state index contributed by atoms with van der Waals surface area (Å²) in [5, 5.41) is 0. The quantitative estimate of drug-likeness (QED) is 0.261. The van der Waals surface area contributed by atoms with Gasteiger partial charge in [-0.05, 0) is 30.5 Å². The maximum absolute atomic E-state index is 6.47. The van der Waals surface area contributed by atoms with Crippen LogP contribution in [-0.4, -0.2) is 31.5 Å². The second-order valence-electron chi connectivity index (χ2n) is 8.96. The average Bonchev–Trinajstić information content (AvgIpc) is 2.85. The minimum atomic E-state index is -0.206. The molecular formula is C30H38O4. The van der Waals surface area contributed by atoms with Crippen LogP contribution in [0.4, 0.5) is 0 Å². The lowest BCUT2D eigenvalue weighted by molar-refractivity contribution is -0.150. The van der Waals surface area contributed by atoms with Crippen molar-refractivity contribution in [3.63, 3.8) is 0 Å². The van der Waals surface area contributed by atoms with Crippen molar-refractivity contribution in [2.45, 2.75) is 58.9 Å². The summed E-state index contributed by atoms with van der Waals surface area (Å²) in [5.74, 6) is 0.122. The average molecular weight is 463 g/mol. The molecule has 182 valence electrons. The molecule has 3 aromatic carbocycles. The maximum atomic E-state index is 6.47. The molecule has 0 amide bonds. The highest BCUT2D eigenvalue weighted by atomic mass is 16.6. The monoisotopic (exact) mass is 462 g/mol. The van der Waals surface area contributed by atoms with E-state index < -0.39 is 0 Å². The minimum absolute atomic E-state index is 0.0607. The Morgan fingerprint density at radius 1 is 0.559 bits per heavy atom. The highest BCUT2D eigenvalue weighted by Gasteiger charge is 2.30. The Hall–Kier alpha value is -2.50. The number of hydrogen-bond donors (Lipinski definition) is 0. The molecule has 0 saturated carbocycles. The Labute approximate surface area is 204 Å². The van der Waals surface area contributed by atoms with Crippen LogP contribution in [0.5, 0.6) is 0 Å². The first kappa shape index (κ1) is 26.1. The zero-order chi connectivity index (χ0) is 24.0. The summed E-state index contributed by atoms with van der Waals surface area (Å²) in [7, 11) is 0. The highest BCUT2D eigenvalue weighted by molar-refractivity contribution is 5.15. The molecule has 0 N–H and O–H groups in total. The summed E-state index contributed by atoms with van der Waals surface area (Å²) < 4.78 is 25.0. The van der Waals surface area contributed by atoms with E-state index in [2.05, 4.69) is 57.2 Å². The van der Waals surface area contributed by atoms with Gasteiger partial charge in [0.15, 0.2) is 0 Å². The fraction of sp³-hybridized carbons (Fsp3) is 0.400. The maximum Gasteiger partial charge on any atom is 0.108 e. The second-order valence-corrected chi connectivity index (χ2v) is 8.96. The smallest absolute Gasteiger partial charge is 0.108 e. The molecule has 0 unspecified atom stereocenters. The standard InChI is InChI=1S/C30H38O4/c1-24(2)34-29(23-32-21-27-15-9-5-10-16-27)30(33-22-28-17-11-6-12-18-28)25(3)19-31-20-26-13-7-4-8-14-26/h4-18,24-25,29-30H,19-23H2,1-3H3/t25-,29-,30+/m1/s1. The largest absolute Gasteiger partial charge is 0.376 e. The van der Waals surface area contributed by atoms with E-state index >= 15 is 0 Å². The molecule has 0 aromatic heterocycles. The lowest BCUT2D eigenvalue weighted by Gasteiger charge is -2.33. The highest BCUT2D eigenvalue weighted by Crippen LogP contribution is 2.20. The van der Waals surface area contributed by atoms with Crippen LogP contribution in [0.15, 0.2) is 91.0 Å². The van der Waals surface area contributed by atoms with Gasteiger partial charge in [0.05, 0.1) is 45.2 Å². The van der Waals surface area contributed by atoms with E-state index in [1.165, 1.54) is 0 Å². The summed E-state index contributed by atoms with van der Waals surface area (Å²) in [6.07, 6.45) is -0.317. The van der Waals surface area contributed by atoms with E-state index in [0.717, 1.165) is 16.7 Å². The van der Waals surface area contributed by atoms with Crippen LogP contribution < -0.4 is 0 Å². The number of hydrogen-bond acceptors (Lipinski definition) is 4. The Kier molecular flexibility index (Phi) is 11.3. The van der Waals surface area contributed by atoms with Crippen molar-refractivity contribution in [2.24, 2.45) is 5.92 Å². The number of benzene rings is 3. The summed E-state index contributed by atoms with van der Waals surface area (Å²) in [4.78, 5) is 0. The molecule has 0 saturated heterocycles. The topological polar surface area (TPSA) is 36.9 Å². The lowest BCUT2D eigenvalue weighted by Crippen LogP contribution is -2.42. The van der Waals surface area contributed by atoms with E-state index in [4.69, 9.17) is 18.9 Å². The molecule has 0 spiro atoms. The number of rotatable bonds is 15. The third-order valence-corrected chi connectivity index (χ3v) is 5.55. The van der Waals surface area contributed by atoms with Crippen molar-refractivity contribution in [1.82, 2.24) is 0 Å². The van der Waals surface area contributed by atoms with Gasteiger partial charge in [-0.1, -0.05) is 97.9 Å². The molecule has 4 nitrogen and oxygen atoms in total. The van der Waals surface area contributed by atoms with E-state index in [1.807, 2.05) is 54.6 Å². The third-order valence-electron chi connectivity index (χ3n) is 5.55. The molecule has 3 rings (SSSR count). The molecule has 0 fully saturated rings. The van der Waals surface area contributed by atoms with Crippen LogP contribution in [0.25, 0.3) is 0 Å². The van der Waals surface area contributed by atoms with Gasteiger partial charge in [-0.25, -0.2) is 0 Å². The van der Waals surface area contributed by atoms with E-state index in [1.54, 1.807) is 0 Å². The first-order valence-electron chi connectivity index (χ1n) is 12.2. The minimum Gasteiger partial charge on any atom is -0.376 e. The Morgan fingerprint density at radius 3 is 1.47 bits per heavy atom. The van der Waals surface area contributed by atoms with Crippen molar-refractivity contribution >= 4 is 0 Å². The van der Waals surface area contributed by atoms with E-state index in [-0.39, 0.29) is 24.2 Å². The molecule has 0 aliphatic heterocycles. The number of ether oxygens (including phenoxy) is 4. The Bertz CT molecular complexity index is 899. The predicted octanol–water partition coefficient (Wildman–Crippen LogP) is 6.44. The second kappa shape index (κ2) is 14.7. The van der Waals surface area contributed by atoms with Crippen LogP contribution in [0.3, 0.4) is 0 Å². The van der Waals surface area contributed by atoms with Crippen LogP contribution in [0, 0.1) is 5.92 Å². The molecule has 4 heteroatoms. The SMILES string of the molecule is CC(C)O[C@H](COCc1ccccc1)[C@@H](OCc1ccccc1)[C@H](C)COCc1ccccc1. The summed E-state index contributed by atoms with van der Waals surface area (Å²) in [5.41, 5.74) is 3.45. The summed E-state index contributed by atoms with van der Waals surface area (Å²) in [6.45, 7) is 8.93. The van der Waals surface area contributed by atoms with Gasteiger partial charge >= 0.3 is 0 Å². The fourth-order valence-corrected chi connectivity index (χ4v) is 3.86. The van der Waals surface area contributed by atoms with Crippen LogP contribution in [0.2, 0.25) is 0 Å². The van der Waals surface area contributed by atoms with Crippen molar-refractivity contribution in [2.75, 3.05) is 13.2 Å². The molecule has 0 aliphatic rings. The Balaban J connectivity index is 1.64. The molecule has 0 radical (unpaired) electrons. The Morgan fingerprint density at radius 2 is 1.00 bits per heavy atom. The van der Waals surface area contributed by atoms with E-state index in [0.29, 0.717) is 33.0 Å². The van der Waals surface area contributed by atoms with Crippen molar-refractivity contribution in [3.8, 4) is 0 Å². The van der Waals surface area contributed by atoms with Gasteiger partial charge in [0, 0.05) is 5.92 Å². The van der Waals surface area contributed by atoms with Gasteiger partial charge < -0.3 is 18.9 Å². The van der Waals surface area contributed by atoms with Gasteiger partial charge in [-0.2, -0.15) is 0 Å². The molecule has 3 atom stereocenters. The van der Waals surface area contributed by atoms with Crippen molar-refractivity contribution in [1.29, 1.82) is 0 Å². The van der Waals surface area contributed by atoms with Crippen molar-refractivity contribution in [3.05, 3.63) is 108 Å². The molecule has 0 heterocycles. The van der Waals surface area contributed by atoms with Gasteiger partial charge in [0.25, 0.3) is 0 Å². The first-order valence-corrected chi connectivity index (χ1v) is 12.2. The van der Waals surface area contributed by atoms with Crippen LogP contribution >= 0.6 is 0 Å². The van der Waals surface area contributed by atoms with Gasteiger partial charge in [-0.3, -0.25) is 0 Å². The first-order chi connectivity index (χ1) is 16.6. The van der Waals surface area contributed by atoms with Crippen LogP contribution in [-0.2, 0) is 38.8 Å². The normalized spacial score (nSPS) is 14.1. The van der Waals surface area contributed by atoms with E-state index in [9.17, 15) is 0 Å². The van der Waals surface area contributed by atoms with Crippen molar-refractivity contribution < 1.29 is 18.9 Å². The zero-order valence-electron chi connectivity index (χ0n) is 20.6. The summed E-state index contributed by atoms with van der Waals surface area (Å²) in [6, 6.07) is 30.7. The van der Waals surface area contributed by atoms with Crippen LogP contribution in [0.1, 0.15) is 37.5 Å². The molecule has 3 aromatic rings. The fourth-order valence-electron chi connectivity index (χ4n) is 3.86. The molecule has 0 aliphatic carbocycles. The zero-order valence-corrected chi connectivity index (χ0v) is 20.6. The third kappa shape index (κ3) is 9.40. The summed E-state index contributed by atoms with van der Waals surface area (Å²) >= 11 is 0. The van der Waals surface area contributed by atoms with Gasteiger partial charge in [0.1, 0.15) is 6.10 Å². The van der Waals surface area contributed by atoms with Gasteiger partial charge in [0.2, 0.25) is 0 Å². The lowest BCUT2D eigenvalue weighted by atomic mass is 10.00. The predicted molar refractivity (Wildman–Crippen MR) is 136 cm³/mol.